The highest BCUT2D eigenvalue weighted by atomic mass is 19.1. The number of nitrogens with one attached hydrogen (secondary N) is 1. The normalized spacial score (nSPS) is 34.8. The molecule has 1 aliphatic heterocycles. The Kier molecular flexibility index (Phi) is 0.980. The maximum Gasteiger partial charge on any atom is 0.294 e. The predicted octanol–water partition coefficient (Wildman–Crippen LogP) is -0.144. The lowest BCUT2D eigenvalue weighted by Crippen LogP contribution is -2.31. The number of nitrogens with two attached hydrogens (primary N) is 1. The van der Waals surface area contributed by atoms with Gasteiger partial charge in [0.1, 0.15) is 0 Å². The first kappa shape index (κ1) is 5.17. The average molecular weight is 115 g/mol. The van der Waals surface area contributed by atoms with Gasteiger partial charge in [-0.25, -0.2) is 0 Å². The molecule has 1 radical (unpaired) electrons. The fourth-order valence-electron chi connectivity index (χ4n) is 0.293. The lowest BCUT2D eigenvalue weighted by Gasteiger charge is -2.09. The second-order valence-electron chi connectivity index (χ2n) is 1.33. The van der Waals surface area contributed by atoms with Crippen LogP contribution in [0.3, 0.4) is 0 Å². The van der Waals surface area contributed by atoms with Crippen molar-refractivity contribution in [2.24, 2.45) is 16.1 Å². The Balaban J connectivity index is 2.69. The lowest BCUT2D eigenvalue weighted by molar-refractivity contribution is 0.228. The van der Waals surface area contributed by atoms with Gasteiger partial charge in [-0.05, 0) is 0 Å². The van der Waals surface area contributed by atoms with Crippen LogP contribution in [0.4, 0.5) is 4.39 Å². The van der Waals surface area contributed by atoms with Crippen LogP contribution in [0, 0.1) is 6.20 Å². The van der Waals surface area contributed by atoms with Gasteiger partial charge < -0.3 is 0 Å². The van der Waals surface area contributed by atoms with Crippen LogP contribution in [0.5, 0.6) is 0 Å². The van der Waals surface area contributed by atoms with Gasteiger partial charge in [0, 0.05) is 6.08 Å². The molecule has 8 heavy (non-hydrogen) atoms. The standard InChI is InChI=1S/C3H4FN4/c4-3(5)1-2-6-8-7-3/h1H,5H2,(H,6,7). The van der Waals surface area contributed by atoms with E-state index in [0.29, 0.717) is 0 Å². The molecule has 0 spiro atoms. The van der Waals surface area contributed by atoms with Crippen LogP contribution in [-0.2, 0) is 0 Å². The van der Waals surface area contributed by atoms with Gasteiger partial charge >= 0.3 is 0 Å². The summed E-state index contributed by atoms with van der Waals surface area (Å²) >= 11 is 0. The quantitative estimate of drug-likeness (QED) is 0.431. The SMILES string of the molecule is NC1(F)C=[C]NN=N1. The Bertz CT molecular complexity index is 124. The van der Waals surface area contributed by atoms with E-state index in [2.05, 4.69) is 22.0 Å². The molecule has 0 saturated heterocycles. The molecule has 1 rings (SSSR count). The maximum atomic E-state index is 12.2. The summed E-state index contributed by atoms with van der Waals surface area (Å²) in [5, 5.41) is 6.03. The van der Waals surface area contributed by atoms with Crippen LogP contribution < -0.4 is 11.2 Å². The molecule has 0 bridgehead atoms. The van der Waals surface area contributed by atoms with Gasteiger partial charge in [0.15, 0.2) is 0 Å². The van der Waals surface area contributed by atoms with Crippen LogP contribution in [0.15, 0.2) is 16.4 Å². The summed E-state index contributed by atoms with van der Waals surface area (Å²) in [5.74, 6) is -2.16. The van der Waals surface area contributed by atoms with Gasteiger partial charge in [-0.2, -0.15) is 4.39 Å². The van der Waals surface area contributed by atoms with Crippen molar-refractivity contribution in [2.75, 3.05) is 0 Å². The van der Waals surface area contributed by atoms with Gasteiger partial charge in [0.05, 0.1) is 6.20 Å². The van der Waals surface area contributed by atoms with E-state index in [0.717, 1.165) is 6.08 Å². The molecule has 3 N–H and O–H groups in total. The smallest absolute Gasteiger partial charge is 0.275 e. The number of nitrogens with zero attached hydrogens (tertiary/aromatic N) is 2. The zero-order valence-electron chi connectivity index (χ0n) is 3.93. The molecule has 4 nitrogen and oxygen atoms in total. The summed E-state index contributed by atoms with van der Waals surface area (Å²) < 4.78 is 12.2. The van der Waals surface area contributed by atoms with E-state index in [4.69, 9.17) is 5.73 Å². The molecule has 0 aromatic heterocycles. The Hall–Kier alpha value is -0.970. The van der Waals surface area contributed by atoms with Crippen molar-refractivity contribution in [1.29, 1.82) is 0 Å². The van der Waals surface area contributed by atoms with Crippen LogP contribution in [0.1, 0.15) is 0 Å². The zero-order chi connectivity index (χ0) is 6.04. The number of hydrogen-bond acceptors (Lipinski definition) is 4. The molecule has 5 heteroatoms. The zero-order valence-corrected chi connectivity index (χ0v) is 3.93. The minimum absolute atomic E-state index is 0.944. The third-order valence-corrected chi connectivity index (χ3v) is 0.592. The van der Waals surface area contributed by atoms with E-state index in [1.54, 1.807) is 0 Å². The summed E-state index contributed by atoms with van der Waals surface area (Å²) in [7, 11) is 0. The number of halogens is 1. The van der Waals surface area contributed by atoms with Gasteiger partial charge in [-0.3, -0.25) is 11.2 Å². The highest BCUT2D eigenvalue weighted by Crippen LogP contribution is 2.07. The lowest BCUT2D eigenvalue weighted by atomic mass is 10.4. The first-order valence-corrected chi connectivity index (χ1v) is 1.95. The maximum absolute atomic E-state index is 12.2. The fourth-order valence-corrected chi connectivity index (χ4v) is 0.293. The number of alkyl halides is 1. The van der Waals surface area contributed by atoms with E-state index in [1.807, 2.05) is 0 Å². The van der Waals surface area contributed by atoms with Gasteiger partial charge in [0.25, 0.3) is 5.92 Å². The van der Waals surface area contributed by atoms with Crippen molar-refractivity contribution in [3.8, 4) is 0 Å². The van der Waals surface area contributed by atoms with Gasteiger partial charge in [-0.15, -0.1) is 5.11 Å². The fraction of sp³-hybridized carbons (Fsp3) is 0.333. The van der Waals surface area contributed by atoms with Crippen LogP contribution in [0.25, 0.3) is 0 Å². The minimum atomic E-state index is -2.16. The van der Waals surface area contributed by atoms with E-state index in [1.165, 1.54) is 0 Å². The highest BCUT2D eigenvalue weighted by Gasteiger charge is 2.19. The Morgan fingerprint density at radius 2 is 2.62 bits per heavy atom. The first-order chi connectivity index (χ1) is 3.71. The third-order valence-electron chi connectivity index (χ3n) is 0.592. The second kappa shape index (κ2) is 1.52. The van der Waals surface area contributed by atoms with E-state index in [-0.39, 0.29) is 0 Å². The Labute approximate surface area is 45.2 Å². The summed E-state index contributed by atoms with van der Waals surface area (Å²) in [6.07, 6.45) is 3.18. The molecule has 0 saturated carbocycles. The monoisotopic (exact) mass is 115 g/mol. The molecule has 0 amide bonds. The highest BCUT2D eigenvalue weighted by molar-refractivity contribution is 4.91. The van der Waals surface area contributed by atoms with Crippen molar-refractivity contribution in [1.82, 2.24) is 5.43 Å². The molecule has 1 aliphatic rings. The van der Waals surface area contributed by atoms with Crippen molar-refractivity contribution in [3.05, 3.63) is 12.3 Å². The number of hydrogen-bond donors (Lipinski definition) is 2. The first-order valence-electron chi connectivity index (χ1n) is 1.95. The molecule has 1 atom stereocenters. The van der Waals surface area contributed by atoms with E-state index in [9.17, 15) is 4.39 Å². The Morgan fingerprint density at radius 1 is 1.88 bits per heavy atom. The molecule has 0 aromatic rings. The predicted molar refractivity (Wildman–Crippen MR) is 23.8 cm³/mol. The topological polar surface area (TPSA) is 62.8 Å². The second-order valence-corrected chi connectivity index (χ2v) is 1.33. The summed E-state index contributed by atoms with van der Waals surface area (Å²) in [5.41, 5.74) is 6.97. The number of rotatable bonds is 0. The summed E-state index contributed by atoms with van der Waals surface area (Å²) in [6, 6.07) is 0. The van der Waals surface area contributed by atoms with Crippen LogP contribution in [0.2, 0.25) is 0 Å². The Morgan fingerprint density at radius 3 is 2.88 bits per heavy atom. The van der Waals surface area contributed by atoms with E-state index < -0.39 is 5.92 Å². The molecular formula is C3H4FN4. The largest absolute Gasteiger partial charge is 0.294 e. The molecule has 1 unspecified atom stereocenters. The molecule has 0 aromatic carbocycles. The van der Waals surface area contributed by atoms with Gasteiger partial charge in [-0.1, -0.05) is 5.22 Å². The molecular weight excluding hydrogens is 111 g/mol. The molecule has 0 fully saturated rings. The third kappa shape index (κ3) is 1.00. The van der Waals surface area contributed by atoms with Crippen LogP contribution >= 0.6 is 0 Å². The van der Waals surface area contributed by atoms with E-state index >= 15 is 0 Å². The molecule has 0 aliphatic carbocycles. The summed E-state index contributed by atoms with van der Waals surface area (Å²) in [4.78, 5) is 0. The average Bonchev–Trinajstić information content (AvgIpc) is 1.65. The molecule has 1 heterocycles. The van der Waals surface area contributed by atoms with Crippen molar-refractivity contribution >= 4 is 0 Å². The van der Waals surface area contributed by atoms with Crippen molar-refractivity contribution in [3.63, 3.8) is 0 Å². The summed E-state index contributed by atoms with van der Waals surface area (Å²) in [6.45, 7) is 0. The van der Waals surface area contributed by atoms with Crippen LogP contribution in [-0.4, -0.2) is 5.92 Å². The van der Waals surface area contributed by atoms with Crippen molar-refractivity contribution in [2.45, 2.75) is 5.92 Å². The van der Waals surface area contributed by atoms with Gasteiger partial charge in [0.2, 0.25) is 0 Å². The molecule has 43 valence electrons. The minimum Gasteiger partial charge on any atom is -0.275 e. The van der Waals surface area contributed by atoms with Crippen molar-refractivity contribution < 1.29 is 4.39 Å².